The number of carbonyl (C=O) groups is 2. The van der Waals surface area contributed by atoms with Crippen LogP contribution in [0.3, 0.4) is 0 Å². The Kier molecular flexibility index (Phi) is 5.92. The SMILES string of the molecule is CCn1c(C)nnc1SCCNC(=O)[C@H]1CCN(c2ccccc2)C1=O. The van der Waals surface area contributed by atoms with Gasteiger partial charge in [0.1, 0.15) is 11.7 Å². The lowest BCUT2D eigenvalue weighted by atomic mass is 10.1. The van der Waals surface area contributed by atoms with Crippen molar-refractivity contribution < 1.29 is 9.59 Å². The van der Waals surface area contributed by atoms with Crippen molar-refractivity contribution >= 4 is 29.3 Å². The molecule has 7 nitrogen and oxygen atoms in total. The van der Waals surface area contributed by atoms with Crippen molar-refractivity contribution in [3.63, 3.8) is 0 Å². The molecule has 1 saturated heterocycles. The van der Waals surface area contributed by atoms with Crippen molar-refractivity contribution in [1.29, 1.82) is 0 Å². The van der Waals surface area contributed by atoms with Crippen molar-refractivity contribution in [2.24, 2.45) is 5.92 Å². The number of aromatic nitrogens is 3. The summed E-state index contributed by atoms with van der Waals surface area (Å²) < 4.78 is 2.03. The zero-order valence-electron chi connectivity index (χ0n) is 15.0. The molecule has 1 aliphatic rings. The van der Waals surface area contributed by atoms with Gasteiger partial charge in [-0.15, -0.1) is 10.2 Å². The Balaban J connectivity index is 1.47. The number of thioether (sulfide) groups is 1. The van der Waals surface area contributed by atoms with Crippen LogP contribution in [0.2, 0.25) is 0 Å². The summed E-state index contributed by atoms with van der Waals surface area (Å²) >= 11 is 1.55. The van der Waals surface area contributed by atoms with E-state index < -0.39 is 5.92 Å². The molecular weight excluding hydrogens is 350 g/mol. The number of amides is 2. The molecule has 8 heteroatoms. The number of hydrogen-bond acceptors (Lipinski definition) is 5. The number of para-hydroxylation sites is 1. The van der Waals surface area contributed by atoms with E-state index in [0.29, 0.717) is 25.3 Å². The fourth-order valence-corrected chi connectivity index (χ4v) is 3.96. The Hall–Kier alpha value is -2.35. The van der Waals surface area contributed by atoms with Gasteiger partial charge in [-0.25, -0.2) is 0 Å². The van der Waals surface area contributed by atoms with Crippen molar-refractivity contribution in [2.75, 3.05) is 23.7 Å². The highest BCUT2D eigenvalue weighted by atomic mass is 32.2. The molecule has 2 aromatic rings. The zero-order chi connectivity index (χ0) is 18.5. The van der Waals surface area contributed by atoms with Crippen LogP contribution in [0.25, 0.3) is 0 Å². The average Bonchev–Trinajstić information content (AvgIpc) is 3.21. The number of nitrogens with zero attached hydrogens (tertiary/aromatic N) is 4. The van der Waals surface area contributed by atoms with Crippen LogP contribution in [0, 0.1) is 12.8 Å². The largest absolute Gasteiger partial charge is 0.355 e. The summed E-state index contributed by atoms with van der Waals surface area (Å²) in [5, 5.41) is 11.9. The van der Waals surface area contributed by atoms with Gasteiger partial charge in [0.25, 0.3) is 0 Å². The molecule has 0 spiro atoms. The number of carbonyl (C=O) groups excluding carboxylic acids is 2. The molecule has 138 valence electrons. The monoisotopic (exact) mass is 373 g/mol. The van der Waals surface area contributed by atoms with E-state index in [1.165, 1.54) is 0 Å². The van der Waals surface area contributed by atoms with E-state index >= 15 is 0 Å². The van der Waals surface area contributed by atoms with Crippen LogP contribution in [0.5, 0.6) is 0 Å². The lowest BCUT2D eigenvalue weighted by Gasteiger charge is -2.16. The molecule has 0 aliphatic carbocycles. The topological polar surface area (TPSA) is 80.1 Å². The maximum Gasteiger partial charge on any atom is 0.239 e. The molecule has 1 aromatic carbocycles. The van der Waals surface area contributed by atoms with Gasteiger partial charge in [-0.1, -0.05) is 30.0 Å². The molecule has 26 heavy (non-hydrogen) atoms. The van der Waals surface area contributed by atoms with Gasteiger partial charge in [0.05, 0.1) is 0 Å². The van der Waals surface area contributed by atoms with Crippen LogP contribution in [0.1, 0.15) is 19.2 Å². The molecule has 1 aliphatic heterocycles. The predicted molar refractivity (Wildman–Crippen MR) is 101 cm³/mol. The van der Waals surface area contributed by atoms with Gasteiger partial charge in [-0.3, -0.25) is 9.59 Å². The molecule has 0 unspecified atom stereocenters. The standard InChI is InChI=1S/C18H23N5O2S/c1-3-22-13(2)20-21-18(22)26-12-10-19-16(24)15-9-11-23(17(15)25)14-7-5-4-6-8-14/h4-8,15H,3,9-12H2,1-2H3,(H,19,24)/t15-/m1/s1. The first-order valence-corrected chi connectivity index (χ1v) is 9.77. The maximum absolute atomic E-state index is 12.5. The van der Waals surface area contributed by atoms with Crippen molar-refractivity contribution in [3.05, 3.63) is 36.2 Å². The molecule has 2 amide bonds. The third kappa shape index (κ3) is 3.90. The minimum Gasteiger partial charge on any atom is -0.355 e. The minimum absolute atomic E-state index is 0.122. The molecule has 1 aromatic heterocycles. The fraction of sp³-hybridized carbons (Fsp3) is 0.444. The molecular formula is C18H23N5O2S. The maximum atomic E-state index is 12.5. The number of aryl methyl sites for hydroxylation is 1. The minimum atomic E-state index is -0.596. The molecule has 0 saturated carbocycles. The van der Waals surface area contributed by atoms with Crippen LogP contribution < -0.4 is 10.2 Å². The molecule has 0 bridgehead atoms. The molecule has 2 heterocycles. The smallest absolute Gasteiger partial charge is 0.239 e. The second-order valence-electron chi connectivity index (χ2n) is 6.08. The predicted octanol–water partition coefficient (Wildman–Crippen LogP) is 1.87. The van der Waals surface area contributed by atoms with Gasteiger partial charge < -0.3 is 14.8 Å². The zero-order valence-corrected chi connectivity index (χ0v) is 15.8. The number of rotatable bonds is 7. The Morgan fingerprint density at radius 1 is 1.31 bits per heavy atom. The van der Waals surface area contributed by atoms with Crippen molar-refractivity contribution in [3.8, 4) is 0 Å². The summed E-state index contributed by atoms with van der Waals surface area (Å²) in [6.45, 7) is 5.86. The highest BCUT2D eigenvalue weighted by Gasteiger charge is 2.37. The Morgan fingerprint density at radius 2 is 2.08 bits per heavy atom. The number of anilines is 1. The van der Waals surface area contributed by atoms with E-state index in [2.05, 4.69) is 15.5 Å². The third-order valence-electron chi connectivity index (χ3n) is 4.44. The third-order valence-corrected chi connectivity index (χ3v) is 5.41. The molecule has 0 radical (unpaired) electrons. The van der Waals surface area contributed by atoms with E-state index in [1.807, 2.05) is 48.7 Å². The molecule has 1 N–H and O–H groups in total. The lowest BCUT2D eigenvalue weighted by Crippen LogP contribution is -2.37. The first-order chi connectivity index (χ1) is 12.6. The van der Waals surface area contributed by atoms with E-state index in [4.69, 9.17) is 0 Å². The van der Waals surface area contributed by atoms with Gasteiger partial charge in [-0.2, -0.15) is 0 Å². The van der Waals surface area contributed by atoms with E-state index in [9.17, 15) is 9.59 Å². The van der Waals surface area contributed by atoms with Crippen LogP contribution >= 0.6 is 11.8 Å². The van der Waals surface area contributed by atoms with Crippen molar-refractivity contribution in [2.45, 2.75) is 32.0 Å². The normalized spacial score (nSPS) is 16.9. The van der Waals surface area contributed by atoms with Gasteiger partial charge in [0.15, 0.2) is 5.16 Å². The summed E-state index contributed by atoms with van der Waals surface area (Å²) in [6, 6.07) is 9.47. The number of nitrogens with one attached hydrogen (secondary N) is 1. The van der Waals surface area contributed by atoms with E-state index in [1.54, 1.807) is 16.7 Å². The average molecular weight is 373 g/mol. The van der Waals surface area contributed by atoms with Gasteiger partial charge in [0, 0.05) is 31.1 Å². The summed E-state index contributed by atoms with van der Waals surface area (Å²) in [4.78, 5) is 26.6. The second-order valence-corrected chi connectivity index (χ2v) is 7.14. The van der Waals surface area contributed by atoms with E-state index in [-0.39, 0.29) is 11.8 Å². The summed E-state index contributed by atoms with van der Waals surface area (Å²) in [7, 11) is 0. The van der Waals surface area contributed by atoms with Crippen LogP contribution in [0.15, 0.2) is 35.5 Å². The number of benzene rings is 1. The Morgan fingerprint density at radius 3 is 2.81 bits per heavy atom. The molecule has 1 fully saturated rings. The van der Waals surface area contributed by atoms with Crippen LogP contribution in [-0.4, -0.2) is 45.4 Å². The first-order valence-electron chi connectivity index (χ1n) is 8.78. The van der Waals surface area contributed by atoms with Crippen LogP contribution in [-0.2, 0) is 16.1 Å². The highest BCUT2D eigenvalue weighted by Crippen LogP contribution is 2.25. The summed E-state index contributed by atoms with van der Waals surface area (Å²) in [6.07, 6.45) is 0.552. The fourth-order valence-electron chi connectivity index (χ4n) is 3.06. The molecule has 3 rings (SSSR count). The quantitative estimate of drug-likeness (QED) is 0.455. The van der Waals surface area contributed by atoms with Crippen molar-refractivity contribution in [1.82, 2.24) is 20.1 Å². The lowest BCUT2D eigenvalue weighted by molar-refractivity contribution is -0.132. The Labute approximate surface area is 157 Å². The van der Waals surface area contributed by atoms with Crippen LogP contribution in [0.4, 0.5) is 5.69 Å². The van der Waals surface area contributed by atoms with E-state index in [0.717, 1.165) is 23.2 Å². The first kappa shape index (κ1) is 18.4. The molecule has 1 atom stereocenters. The summed E-state index contributed by atoms with van der Waals surface area (Å²) in [5.41, 5.74) is 0.845. The highest BCUT2D eigenvalue weighted by molar-refractivity contribution is 7.99. The van der Waals surface area contributed by atoms with Gasteiger partial charge in [0.2, 0.25) is 11.8 Å². The second kappa shape index (κ2) is 8.35. The summed E-state index contributed by atoms with van der Waals surface area (Å²) in [5.74, 6) is 0.663. The Bertz CT molecular complexity index is 777. The van der Waals surface area contributed by atoms with Gasteiger partial charge >= 0.3 is 0 Å². The number of hydrogen-bond donors (Lipinski definition) is 1. The van der Waals surface area contributed by atoms with Gasteiger partial charge in [-0.05, 0) is 32.4 Å².